The Balaban J connectivity index is 2.28. The summed E-state index contributed by atoms with van der Waals surface area (Å²) < 4.78 is 30.9. The first-order chi connectivity index (χ1) is 9.29. The summed E-state index contributed by atoms with van der Waals surface area (Å²) in [6.45, 7) is 1.91. The second-order valence-electron chi connectivity index (χ2n) is 4.04. The summed E-state index contributed by atoms with van der Waals surface area (Å²) in [4.78, 5) is -0.0903. The van der Waals surface area contributed by atoms with Gasteiger partial charge in [0, 0.05) is 22.2 Å². The Bertz CT molecular complexity index is 745. The molecule has 0 radical (unpaired) electrons. The monoisotopic (exact) mass is 379 g/mol. The minimum Gasteiger partial charge on any atom is -0.484 e. The summed E-state index contributed by atoms with van der Waals surface area (Å²) in [6, 6.07) is 4.59. The van der Waals surface area contributed by atoms with E-state index in [1.54, 1.807) is 17.7 Å². The Morgan fingerprint density at radius 2 is 2.10 bits per heavy atom. The Labute approximate surface area is 129 Å². The molecule has 0 saturated heterocycles. The van der Waals surface area contributed by atoms with Crippen molar-refractivity contribution in [3.05, 3.63) is 34.3 Å². The van der Waals surface area contributed by atoms with Gasteiger partial charge in [-0.15, -0.1) is 10.2 Å². The minimum absolute atomic E-state index is 0.0903. The molecule has 1 heterocycles. The van der Waals surface area contributed by atoms with Crippen molar-refractivity contribution in [1.82, 2.24) is 14.8 Å². The van der Waals surface area contributed by atoms with Crippen LogP contribution in [0.15, 0.2) is 27.6 Å². The largest absolute Gasteiger partial charge is 0.484 e. The van der Waals surface area contributed by atoms with Crippen LogP contribution in [-0.2, 0) is 22.7 Å². The lowest BCUT2D eigenvalue weighted by Gasteiger charge is -2.09. The molecule has 0 aliphatic carbocycles. The highest BCUT2D eigenvalue weighted by Gasteiger charge is 2.18. The van der Waals surface area contributed by atoms with Crippen molar-refractivity contribution in [2.45, 2.75) is 18.4 Å². The van der Waals surface area contributed by atoms with Crippen molar-refractivity contribution < 1.29 is 13.2 Å². The maximum absolute atomic E-state index is 11.5. The van der Waals surface area contributed by atoms with Gasteiger partial charge in [0.1, 0.15) is 23.1 Å². The van der Waals surface area contributed by atoms with Crippen LogP contribution in [0.3, 0.4) is 0 Å². The Morgan fingerprint density at radius 3 is 2.65 bits per heavy atom. The molecule has 108 valence electrons. The lowest BCUT2D eigenvalue weighted by atomic mass is 10.3. The van der Waals surface area contributed by atoms with Crippen LogP contribution in [0.5, 0.6) is 5.75 Å². The van der Waals surface area contributed by atoms with Crippen LogP contribution in [0.4, 0.5) is 0 Å². The minimum atomic E-state index is -3.89. The van der Waals surface area contributed by atoms with E-state index in [1.165, 1.54) is 12.1 Å². The van der Waals surface area contributed by atoms with Crippen molar-refractivity contribution in [3.63, 3.8) is 0 Å². The van der Waals surface area contributed by atoms with Gasteiger partial charge >= 0.3 is 0 Å². The first-order valence-electron chi connectivity index (χ1n) is 5.51. The molecule has 2 rings (SSSR count). The van der Waals surface area contributed by atoms with E-state index >= 15 is 0 Å². The number of halogens is 2. The van der Waals surface area contributed by atoms with Crippen LogP contribution in [0.25, 0.3) is 0 Å². The Kier molecular flexibility index (Phi) is 4.36. The number of ether oxygens (including phenoxy) is 1. The van der Waals surface area contributed by atoms with E-state index in [1.807, 2.05) is 6.92 Å². The average molecular weight is 381 g/mol. The fraction of sp³-hybridized carbons (Fsp3) is 0.273. The Hall–Kier alpha value is -1.12. The quantitative estimate of drug-likeness (QED) is 0.761. The molecule has 0 aliphatic heterocycles. The fourth-order valence-electron chi connectivity index (χ4n) is 1.51. The summed E-state index contributed by atoms with van der Waals surface area (Å²) in [6.07, 6.45) is 0. The molecule has 0 amide bonds. The van der Waals surface area contributed by atoms with Gasteiger partial charge in [0.2, 0.25) is 0 Å². The lowest BCUT2D eigenvalue weighted by Crippen LogP contribution is -2.06. The zero-order chi connectivity index (χ0) is 14.9. The van der Waals surface area contributed by atoms with Crippen molar-refractivity contribution in [2.75, 3.05) is 0 Å². The molecular weight excluding hydrogens is 370 g/mol. The molecule has 0 atom stereocenters. The van der Waals surface area contributed by atoms with Crippen LogP contribution in [-0.4, -0.2) is 23.2 Å². The lowest BCUT2D eigenvalue weighted by molar-refractivity contribution is 0.283. The SMILES string of the molecule is Cc1nnc(COc2ccc(Br)cc2S(=O)(=O)Cl)n1C. The van der Waals surface area contributed by atoms with Crippen molar-refractivity contribution in [2.24, 2.45) is 7.05 Å². The third-order valence-corrected chi connectivity index (χ3v) is 4.54. The molecule has 1 aromatic heterocycles. The van der Waals surface area contributed by atoms with Crippen LogP contribution in [0.2, 0.25) is 0 Å². The van der Waals surface area contributed by atoms with Gasteiger partial charge in [-0.3, -0.25) is 0 Å². The van der Waals surface area contributed by atoms with E-state index < -0.39 is 9.05 Å². The number of aryl methyl sites for hydroxylation is 1. The molecule has 0 fully saturated rings. The average Bonchev–Trinajstić information content (AvgIpc) is 2.67. The topological polar surface area (TPSA) is 74.1 Å². The number of nitrogens with zero attached hydrogens (tertiary/aromatic N) is 3. The van der Waals surface area contributed by atoms with Gasteiger partial charge in [0.15, 0.2) is 5.82 Å². The zero-order valence-corrected chi connectivity index (χ0v) is 13.8. The van der Waals surface area contributed by atoms with E-state index in [0.717, 1.165) is 5.82 Å². The summed E-state index contributed by atoms with van der Waals surface area (Å²) in [5.74, 6) is 1.50. The van der Waals surface area contributed by atoms with Gasteiger partial charge in [-0.1, -0.05) is 15.9 Å². The zero-order valence-electron chi connectivity index (χ0n) is 10.7. The molecular formula is C11H11BrClN3O3S. The van der Waals surface area contributed by atoms with Crippen LogP contribution in [0.1, 0.15) is 11.6 Å². The molecule has 0 bridgehead atoms. The number of hydrogen-bond acceptors (Lipinski definition) is 5. The van der Waals surface area contributed by atoms with Crippen LogP contribution < -0.4 is 4.74 Å². The predicted octanol–water partition coefficient (Wildman–Crippen LogP) is 2.39. The highest BCUT2D eigenvalue weighted by molar-refractivity contribution is 9.10. The fourth-order valence-corrected chi connectivity index (χ4v) is 3.02. The van der Waals surface area contributed by atoms with E-state index in [9.17, 15) is 8.42 Å². The van der Waals surface area contributed by atoms with Gasteiger partial charge < -0.3 is 9.30 Å². The van der Waals surface area contributed by atoms with E-state index in [4.69, 9.17) is 15.4 Å². The number of hydrogen-bond donors (Lipinski definition) is 0. The molecule has 6 nitrogen and oxygen atoms in total. The molecule has 0 aliphatic rings. The van der Waals surface area contributed by atoms with Gasteiger partial charge in [-0.05, 0) is 25.1 Å². The molecule has 0 spiro atoms. The summed E-state index contributed by atoms with van der Waals surface area (Å²) in [7, 11) is 3.30. The van der Waals surface area contributed by atoms with Crippen LogP contribution >= 0.6 is 26.6 Å². The predicted molar refractivity (Wildman–Crippen MR) is 77.3 cm³/mol. The van der Waals surface area contributed by atoms with E-state index in [2.05, 4.69) is 26.1 Å². The molecule has 9 heteroatoms. The molecule has 2 aromatic rings. The number of aromatic nitrogens is 3. The molecule has 0 unspecified atom stereocenters. The van der Waals surface area contributed by atoms with Gasteiger partial charge in [0.25, 0.3) is 9.05 Å². The third-order valence-electron chi connectivity index (χ3n) is 2.71. The van der Waals surface area contributed by atoms with Crippen molar-refractivity contribution in [3.8, 4) is 5.75 Å². The van der Waals surface area contributed by atoms with Crippen LogP contribution in [0, 0.1) is 6.92 Å². The molecule has 0 saturated carbocycles. The Morgan fingerprint density at radius 1 is 1.40 bits per heavy atom. The standard InChI is InChI=1S/C11H11BrClN3O3S/c1-7-14-15-11(16(7)2)6-19-9-4-3-8(12)5-10(9)20(13,17)18/h3-5H,6H2,1-2H3. The molecule has 0 N–H and O–H groups in total. The second kappa shape index (κ2) is 5.71. The highest BCUT2D eigenvalue weighted by atomic mass is 79.9. The first-order valence-corrected chi connectivity index (χ1v) is 8.61. The maximum Gasteiger partial charge on any atom is 0.265 e. The smallest absolute Gasteiger partial charge is 0.265 e. The molecule has 1 aromatic carbocycles. The summed E-state index contributed by atoms with van der Waals surface area (Å²) >= 11 is 3.19. The summed E-state index contributed by atoms with van der Waals surface area (Å²) in [5, 5.41) is 7.83. The number of rotatable bonds is 4. The van der Waals surface area contributed by atoms with Gasteiger partial charge in [-0.2, -0.15) is 0 Å². The number of benzene rings is 1. The van der Waals surface area contributed by atoms with E-state index in [-0.39, 0.29) is 17.3 Å². The first kappa shape index (κ1) is 15.3. The second-order valence-corrected chi connectivity index (χ2v) is 7.49. The van der Waals surface area contributed by atoms with E-state index in [0.29, 0.717) is 10.3 Å². The third kappa shape index (κ3) is 3.31. The maximum atomic E-state index is 11.5. The van der Waals surface area contributed by atoms with Crippen molar-refractivity contribution >= 4 is 35.7 Å². The highest BCUT2D eigenvalue weighted by Crippen LogP contribution is 2.30. The van der Waals surface area contributed by atoms with Crippen molar-refractivity contribution in [1.29, 1.82) is 0 Å². The molecule has 20 heavy (non-hydrogen) atoms. The summed E-state index contributed by atoms with van der Waals surface area (Å²) in [5.41, 5.74) is 0. The van der Waals surface area contributed by atoms with Gasteiger partial charge in [-0.25, -0.2) is 8.42 Å². The van der Waals surface area contributed by atoms with Gasteiger partial charge in [0.05, 0.1) is 0 Å². The normalized spacial score (nSPS) is 11.6.